The van der Waals surface area contributed by atoms with Crippen molar-refractivity contribution in [3.63, 3.8) is 0 Å². The molecule has 0 radical (unpaired) electrons. The van der Waals surface area contributed by atoms with E-state index in [2.05, 4.69) is 10.6 Å². The van der Waals surface area contributed by atoms with Crippen molar-refractivity contribution >= 4 is 25.0 Å². The highest BCUT2D eigenvalue weighted by atomic mass is 16.5. The first kappa shape index (κ1) is 29.0. The lowest BCUT2D eigenvalue weighted by molar-refractivity contribution is -0.142. The third-order valence-electron chi connectivity index (χ3n) is 8.00. The maximum atomic E-state index is 13.9. The summed E-state index contributed by atoms with van der Waals surface area (Å²) in [5.41, 5.74) is -0.337. The van der Waals surface area contributed by atoms with Crippen LogP contribution in [-0.2, 0) is 20.9 Å². The molecule has 3 amide bonds. The molecule has 1 aromatic rings. The Morgan fingerprint density at radius 1 is 1.16 bits per heavy atom. The van der Waals surface area contributed by atoms with Gasteiger partial charge < -0.3 is 30.3 Å². The second-order valence-electron chi connectivity index (χ2n) is 10.8. The molecule has 9 nitrogen and oxygen atoms in total. The highest BCUT2D eigenvalue weighted by molar-refractivity contribution is 6.43. The van der Waals surface area contributed by atoms with Crippen LogP contribution in [0.3, 0.4) is 0 Å². The van der Waals surface area contributed by atoms with Crippen LogP contribution in [0.5, 0.6) is 0 Å². The monoisotopic (exact) mass is 515 g/mol. The second kappa shape index (κ2) is 13.3. The fourth-order valence-corrected chi connectivity index (χ4v) is 5.58. The Balaban J connectivity index is 1.77. The molecule has 1 aliphatic carbocycles. The van der Waals surface area contributed by atoms with Gasteiger partial charge in [-0.05, 0) is 36.7 Å². The van der Waals surface area contributed by atoms with E-state index in [1.165, 1.54) is 6.42 Å². The molecule has 1 aliphatic heterocycles. The summed E-state index contributed by atoms with van der Waals surface area (Å²) in [6.45, 7) is 5.93. The number of hydrogen-bond acceptors (Lipinski definition) is 6. The van der Waals surface area contributed by atoms with Crippen molar-refractivity contribution in [1.82, 2.24) is 15.5 Å². The van der Waals surface area contributed by atoms with E-state index in [1.807, 2.05) is 44.2 Å². The van der Waals surface area contributed by atoms with Crippen LogP contribution in [-0.4, -0.2) is 64.0 Å². The van der Waals surface area contributed by atoms with E-state index < -0.39 is 30.7 Å². The molecule has 1 saturated heterocycles. The summed E-state index contributed by atoms with van der Waals surface area (Å²) in [5.74, 6) is -1.41. The molecule has 4 N–H and O–H groups in total. The molecule has 10 heteroatoms. The average molecular weight is 515 g/mol. The number of ether oxygens (including phenoxy) is 1. The number of rotatable bonds is 11. The summed E-state index contributed by atoms with van der Waals surface area (Å²) in [6, 6.07) is 8.57. The smallest absolute Gasteiger partial charge is 0.445 e. The highest BCUT2D eigenvalue weighted by Gasteiger charge is 2.53. The summed E-state index contributed by atoms with van der Waals surface area (Å²) in [4.78, 5) is 41.7. The van der Waals surface area contributed by atoms with Gasteiger partial charge in [0, 0.05) is 6.54 Å². The molecule has 0 bridgehead atoms. The lowest BCUT2D eigenvalue weighted by Crippen LogP contribution is -2.60. The molecule has 2 fully saturated rings. The molecule has 204 valence electrons. The minimum atomic E-state index is -1.69. The van der Waals surface area contributed by atoms with Gasteiger partial charge in [-0.3, -0.25) is 9.59 Å². The van der Waals surface area contributed by atoms with Gasteiger partial charge >= 0.3 is 13.2 Å². The predicted octanol–water partition coefficient (Wildman–Crippen LogP) is 2.79. The van der Waals surface area contributed by atoms with Gasteiger partial charge in [0.2, 0.25) is 11.8 Å². The summed E-state index contributed by atoms with van der Waals surface area (Å²) < 4.78 is 5.42. The zero-order valence-electron chi connectivity index (χ0n) is 22.3. The van der Waals surface area contributed by atoms with Crippen LogP contribution in [0, 0.1) is 11.8 Å². The van der Waals surface area contributed by atoms with Crippen molar-refractivity contribution in [2.45, 2.75) is 96.3 Å². The number of benzene rings is 1. The van der Waals surface area contributed by atoms with Gasteiger partial charge in [-0.15, -0.1) is 0 Å². The SMILES string of the molecule is CC[C@H](NC(=O)[C@@H](CC1CCCCC1)N1CCC(NC(=O)OCc2ccccc2)(C(C)C)C1=O)B(O)O. The maximum Gasteiger partial charge on any atom is 0.475 e. The number of carbonyl (C=O) groups is 3. The van der Waals surface area contributed by atoms with Gasteiger partial charge in [-0.2, -0.15) is 0 Å². The zero-order valence-corrected chi connectivity index (χ0v) is 22.3. The van der Waals surface area contributed by atoms with E-state index in [-0.39, 0.29) is 24.3 Å². The Kier molecular flexibility index (Phi) is 10.4. The van der Waals surface area contributed by atoms with Gasteiger partial charge in [0.25, 0.3) is 0 Å². The standard InChI is InChI=1S/C27H42BN3O6/c1-4-23(28(35)36)29-24(32)22(17-20-11-7-5-8-12-20)31-16-15-27(19(2)3,25(31)33)30-26(34)37-18-21-13-9-6-10-14-21/h6,9-10,13-14,19-20,22-23,35-36H,4-5,7-8,11-12,15-18H2,1-3H3,(H,29,32)(H,30,34)/t22-,23+,27?/m1/s1. The van der Waals surface area contributed by atoms with Crippen molar-refractivity contribution < 1.29 is 29.2 Å². The molecule has 3 atom stereocenters. The van der Waals surface area contributed by atoms with Crippen molar-refractivity contribution in [2.24, 2.45) is 11.8 Å². The van der Waals surface area contributed by atoms with Gasteiger partial charge in [0.05, 0.1) is 5.94 Å². The Morgan fingerprint density at radius 2 is 1.84 bits per heavy atom. The number of nitrogens with zero attached hydrogens (tertiary/aromatic N) is 1. The van der Waals surface area contributed by atoms with E-state index in [1.54, 1.807) is 11.8 Å². The van der Waals surface area contributed by atoms with Crippen molar-refractivity contribution in [3.05, 3.63) is 35.9 Å². The van der Waals surface area contributed by atoms with E-state index in [0.717, 1.165) is 31.2 Å². The molecule has 1 aromatic carbocycles. The van der Waals surface area contributed by atoms with Crippen LogP contribution in [0.2, 0.25) is 0 Å². The third-order valence-corrected chi connectivity index (χ3v) is 8.00. The molecule has 1 heterocycles. The van der Waals surface area contributed by atoms with Crippen LogP contribution >= 0.6 is 0 Å². The van der Waals surface area contributed by atoms with Crippen molar-refractivity contribution in [3.8, 4) is 0 Å². The van der Waals surface area contributed by atoms with Crippen LogP contribution in [0.4, 0.5) is 4.79 Å². The Morgan fingerprint density at radius 3 is 2.43 bits per heavy atom. The summed E-state index contributed by atoms with van der Waals surface area (Å²) in [5, 5.41) is 24.9. The quantitative estimate of drug-likeness (QED) is 0.336. The largest absolute Gasteiger partial charge is 0.475 e. The van der Waals surface area contributed by atoms with E-state index in [4.69, 9.17) is 4.74 Å². The topological polar surface area (TPSA) is 128 Å². The molecular weight excluding hydrogens is 473 g/mol. The first-order valence-electron chi connectivity index (χ1n) is 13.6. The summed E-state index contributed by atoms with van der Waals surface area (Å²) >= 11 is 0. The minimum Gasteiger partial charge on any atom is -0.445 e. The molecule has 1 saturated carbocycles. The van der Waals surface area contributed by atoms with Gasteiger partial charge in [-0.25, -0.2) is 4.79 Å². The fraction of sp³-hybridized carbons (Fsp3) is 0.667. The molecule has 0 spiro atoms. The summed E-state index contributed by atoms with van der Waals surface area (Å²) in [7, 11) is -1.69. The lowest BCUT2D eigenvalue weighted by atomic mass is 9.77. The number of amides is 3. The maximum absolute atomic E-state index is 13.9. The van der Waals surface area contributed by atoms with Gasteiger partial charge in [0.15, 0.2) is 0 Å². The van der Waals surface area contributed by atoms with E-state index in [9.17, 15) is 24.4 Å². The van der Waals surface area contributed by atoms with Gasteiger partial charge in [0.1, 0.15) is 18.2 Å². The molecular formula is C27H42BN3O6. The fourth-order valence-electron chi connectivity index (χ4n) is 5.58. The Bertz CT molecular complexity index is 909. The van der Waals surface area contributed by atoms with Crippen LogP contribution in [0.1, 0.15) is 77.7 Å². The molecule has 3 rings (SSSR count). The van der Waals surface area contributed by atoms with E-state index >= 15 is 0 Å². The molecule has 2 aliphatic rings. The minimum absolute atomic E-state index is 0.0906. The Labute approximate surface area is 220 Å². The summed E-state index contributed by atoms with van der Waals surface area (Å²) in [6.07, 6.45) is 5.94. The zero-order chi connectivity index (χ0) is 27.0. The van der Waals surface area contributed by atoms with Crippen LogP contribution in [0.25, 0.3) is 0 Å². The van der Waals surface area contributed by atoms with Crippen LogP contribution < -0.4 is 10.6 Å². The first-order valence-corrected chi connectivity index (χ1v) is 13.6. The average Bonchev–Trinajstić information content (AvgIpc) is 3.22. The number of nitrogens with one attached hydrogen (secondary N) is 2. The number of alkyl carbamates (subject to hydrolysis) is 1. The molecule has 37 heavy (non-hydrogen) atoms. The first-order chi connectivity index (χ1) is 17.7. The van der Waals surface area contributed by atoms with Crippen molar-refractivity contribution in [2.75, 3.05) is 6.54 Å². The van der Waals surface area contributed by atoms with Gasteiger partial charge in [-0.1, -0.05) is 83.2 Å². The highest BCUT2D eigenvalue weighted by Crippen LogP contribution is 2.35. The van der Waals surface area contributed by atoms with E-state index in [0.29, 0.717) is 31.7 Å². The number of hydrogen-bond donors (Lipinski definition) is 4. The Hall–Kier alpha value is -2.59. The third kappa shape index (κ3) is 7.26. The predicted molar refractivity (Wildman–Crippen MR) is 141 cm³/mol. The van der Waals surface area contributed by atoms with Crippen LogP contribution in [0.15, 0.2) is 30.3 Å². The number of carbonyl (C=O) groups excluding carboxylic acids is 3. The number of likely N-dealkylation sites (tertiary alicyclic amines) is 1. The molecule has 1 unspecified atom stereocenters. The molecule has 0 aromatic heterocycles. The second-order valence-corrected chi connectivity index (χ2v) is 10.8. The normalized spacial score (nSPS) is 22.0. The van der Waals surface area contributed by atoms with Crippen molar-refractivity contribution in [1.29, 1.82) is 0 Å². The lowest BCUT2D eigenvalue weighted by Gasteiger charge is -2.36.